The molecule has 1 amide bonds. The van der Waals surface area contributed by atoms with Gasteiger partial charge in [0.05, 0.1) is 5.75 Å². The summed E-state index contributed by atoms with van der Waals surface area (Å²) in [6.45, 7) is 0. The Morgan fingerprint density at radius 1 is 1.37 bits per heavy atom. The third-order valence-electron chi connectivity index (χ3n) is 2.10. The molecule has 0 unspecified atom stereocenters. The monoisotopic (exact) mass is 278 g/mol. The topological polar surface area (TPSA) is 108 Å². The lowest BCUT2D eigenvalue weighted by Gasteiger charge is -2.01. The van der Waals surface area contributed by atoms with Crippen molar-refractivity contribution in [2.45, 2.75) is 4.90 Å². The molecule has 2 heterocycles. The zero-order valence-corrected chi connectivity index (χ0v) is 10.5. The Hall–Kier alpha value is -2.35. The molecule has 0 saturated carbocycles. The van der Waals surface area contributed by atoms with Crippen LogP contribution >= 0.6 is 11.8 Å². The average molecular weight is 278 g/mol. The molecule has 0 aliphatic heterocycles. The maximum absolute atomic E-state index is 11.6. The van der Waals surface area contributed by atoms with Crippen LogP contribution in [0.1, 0.15) is 10.5 Å². The molecule has 0 aliphatic carbocycles. The largest absolute Gasteiger partial charge is 0.477 e. The third kappa shape index (κ3) is 3.81. The van der Waals surface area contributed by atoms with Gasteiger partial charge >= 0.3 is 5.97 Å². The summed E-state index contributed by atoms with van der Waals surface area (Å²) in [7, 11) is 0. The van der Waals surface area contributed by atoms with E-state index in [1.54, 1.807) is 24.5 Å². The SMILES string of the molecule is O=C(CSc1ccncc1)Nc1cc(C(=O)O)[nH]n1. The van der Waals surface area contributed by atoms with Crippen molar-refractivity contribution in [3.05, 3.63) is 36.3 Å². The summed E-state index contributed by atoms with van der Waals surface area (Å²) in [6, 6.07) is 4.86. The summed E-state index contributed by atoms with van der Waals surface area (Å²) in [5.74, 6) is -0.985. The molecule has 98 valence electrons. The molecule has 3 N–H and O–H groups in total. The van der Waals surface area contributed by atoms with Gasteiger partial charge in [0, 0.05) is 23.4 Å². The van der Waals surface area contributed by atoms with Crippen molar-refractivity contribution >= 4 is 29.5 Å². The maximum atomic E-state index is 11.6. The van der Waals surface area contributed by atoms with Gasteiger partial charge in [-0.05, 0) is 12.1 Å². The van der Waals surface area contributed by atoms with Gasteiger partial charge in [0.1, 0.15) is 5.69 Å². The Bertz CT molecular complexity index is 585. The van der Waals surface area contributed by atoms with Crippen molar-refractivity contribution in [2.75, 3.05) is 11.1 Å². The second-order valence-electron chi connectivity index (χ2n) is 3.49. The summed E-state index contributed by atoms with van der Waals surface area (Å²) in [4.78, 5) is 27.0. The molecule has 0 saturated heterocycles. The smallest absolute Gasteiger partial charge is 0.353 e. The number of carbonyl (C=O) groups excluding carboxylic acids is 1. The second kappa shape index (κ2) is 6.01. The van der Waals surface area contributed by atoms with E-state index in [9.17, 15) is 9.59 Å². The molecule has 0 radical (unpaired) electrons. The van der Waals surface area contributed by atoms with E-state index in [1.165, 1.54) is 17.8 Å². The quantitative estimate of drug-likeness (QED) is 0.710. The molecule has 7 nitrogen and oxygen atoms in total. The van der Waals surface area contributed by atoms with Crippen LogP contribution in [0, 0.1) is 0 Å². The Labute approximate surface area is 112 Å². The molecular weight excluding hydrogens is 268 g/mol. The second-order valence-corrected chi connectivity index (χ2v) is 4.54. The Balaban J connectivity index is 1.85. The number of hydrogen-bond acceptors (Lipinski definition) is 5. The van der Waals surface area contributed by atoms with E-state index in [-0.39, 0.29) is 23.2 Å². The van der Waals surface area contributed by atoms with E-state index in [2.05, 4.69) is 20.5 Å². The fraction of sp³-hybridized carbons (Fsp3) is 0.0909. The van der Waals surface area contributed by atoms with Crippen LogP contribution in [0.2, 0.25) is 0 Å². The number of amides is 1. The predicted octanol–water partition coefficient (Wildman–Crippen LogP) is 1.23. The van der Waals surface area contributed by atoms with Gasteiger partial charge < -0.3 is 10.4 Å². The number of nitrogens with one attached hydrogen (secondary N) is 2. The van der Waals surface area contributed by atoms with Crippen LogP contribution < -0.4 is 5.32 Å². The molecule has 19 heavy (non-hydrogen) atoms. The predicted molar refractivity (Wildman–Crippen MR) is 69.1 cm³/mol. The molecular formula is C11H10N4O3S. The first-order valence-corrected chi connectivity index (χ1v) is 6.25. The number of hydrogen-bond donors (Lipinski definition) is 3. The molecule has 2 aromatic rings. The standard InChI is InChI=1S/C11H10N4O3S/c16-10(6-19-7-1-3-12-4-2-7)13-9-5-8(11(17)18)14-15-9/h1-5H,6H2,(H,17,18)(H2,13,14,15,16). The van der Waals surface area contributed by atoms with E-state index in [4.69, 9.17) is 5.11 Å². The number of aromatic carboxylic acids is 1. The molecule has 2 aromatic heterocycles. The van der Waals surface area contributed by atoms with E-state index in [0.29, 0.717) is 0 Å². The molecule has 8 heteroatoms. The van der Waals surface area contributed by atoms with Crippen molar-refractivity contribution in [1.82, 2.24) is 15.2 Å². The molecule has 0 bridgehead atoms. The van der Waals surface area contributed by atoms with Crippen molar-refractivity contribution in [1.29, 1.82) is 0 Å². The Kier molecular flexibility index (Phi) is 4.14. The molecule has 2 rings (SSSR count). The minimum absolute atomic E-state index is 0.0721. The summed E-state index contributed by atoms with van der Waals surface area (Å²) < 4.78 is 0. The molecule has 0 aromatic carbocycles. The van der Waals surface area contributed by atoms with E-state index >= 15 is 0 Å². The van der Waals surface area contributed by atoms with Gasteiger partial charge in [-0.3, -0.25) is 14.9 Å². The number of carboxylic acid groups (broad SMARTS) is 1. The number of aromatic amines is 1. The zero-order valence-electron chi connectivity index (χ0n) is 9.66. The number of rotatable bonds is 5. The average Bonchev–Trinajstić information content (AvgIpc) is 2.86. The number of nitrogens with zero attached hydrogens (tertiary/aromatic N) is 2. The van der Waals surface area contributed by atoms with Crippen molar-refractivity contribution in [3.8, 4) is 0 Å². The number of pyridine rings is 1. The number of H-pyrrole nitrogens is 1. The van der Waals surface area contributed by atoms with Crippen molar-refractivity contribution < 1.29 is 14.7 Å². The van der Waals surface area contributed by atoms with Gasteiger partial charge in [0.2, 0.25) is 5.91 Å². The summed E-state index contributed by atoms with van der Waals surface area (Å²) in [5, 5.41) is 17.2. The highest BCUT2D eigenvalue weighted by Crippen LogP contribution is 2.16. The summed E-state index contributed by atoms with van der Waals surface area (Å²) in [5.41, 5.74) is -0.0721. The van der Waals surface area contributed by atoms with E-state index < -0.39 is 5.97 Å². The number of carbonyl (C=O) groups is 2. The molecule has 0 aliphatic rings. The van der Waals surface area contributed by atoms with E-state index in [0.717, 1.165) is 4.90 Å². The molecule has 0 fully saturated rings. The number of carboxylic acids is 1. The van der Waals surface area contributed by atoms with Gasteiger partial charge in [0.15, 0.2) is 5.82 Å². The fourth-order valence-electron chi connectivity index (χ4n) is 1.26. The van der Waals surface area contributed by atoms with Gasteiger partial charge in [-0.1, -0.05) is 0 Å². The van der Waals surface area contributed by atoms with Crippen LogP contribution in [0.25, 0.3) is 0 Å². The minimum atomic E-state index is -1.13. The minimum Gasteiger partial charge on any atom is -0.477 e. The van der Waals surface area contributed by atoms with Gasteiger partial charge in [-0.15, -0.1) is 11.8 Å². The number of aromatic nitrogens is 3. The van der Waals surface area contributed by atoms with Crippen molar-refractivity contribution in [3.63, 3.8) is 0 Å². The third-order valence-corrected chi connectivity index (χ3v) is 3.11. The highest BCUT2D eigenvalue weighted by Gasteiger charge is 2.10. The molecule has 0 atom stereocenters. The highest BCUT2D eigenvalue weighted by molar-refractivity contribution is 8.00. The lowest BCUT2D eigenvalue weighted by molar-refractivity contribution is -0.113. The van der Waals surface area contributed by atoms with E-state index in [1.807, 2.05) is 0 Å². The Morgan fingerprint density at radius 2 is 2.11 bits per heavy atom. The van der Waals surface area contributed by atoms with Crippen LogP contribution in [-0.2, 0) is 4.79 Å². The fourth-order valence-corrected chi connectivity index (χ4v) is 1.94. The summed E-state index contributed by atoms with van der Waals surface area (Å²) >= 11 is 1.35. The van der Waals surface area contributed by atoms with Crippen LogP contribution in [0.4, 0.5) is 5.82 Å². The van der Waals surface area contributed by atoms with Crippen LogP contribution in [0.3, 0.4) is 0 Å². The number of anilines is 1. The highest BCUT2D eigenvalue weighted by atomic mass is 32.2. The number of thioether (sulfide) groups is 1. The first kappa shape index (κ1) is 13.1. The first-order valence-electron chi connectivity index (χ1n) is 5.26. The maximum Gasteiger partial charge on any atom is 0.353 e. The van der Waals surface area contributed by atoms with Crippen LogP contribution in [0.5, 0.6) is 0 Å². The van der Waals surface area contributed by atoms with Crippen molar-refractivity contribution in [2.24, 2.45) is 0 Å². The van der Waals surface area contributed by atoms with Gasteiger partial charge in [0.25, 0.3) is 0 Å². The summed E-state index contributed by atoms with van der Waals surface area (Å²) in [6.07, 6.45) is 3.29. The van der Waals surface area contributed by atoms with Crippen LogP contribution in [0.15, 0.2) is 35.5 Å². The van der Waals surface area contributed by atoms with Gasteiger partial charge in [-0.25, -0.2) is 4.79 Å². The lowest BCUT2D eigenvalue weighted by Crippen LogP contribution is -2.14. The Morgan fingerprint density at radius 3 is 2.74 bits per heavy atom. The zero-order chi connectivity index (χ0) is 13.7. The molecule has 0 spiro atoms. The van der Waals surface area contributed by atoms with Gasteiger partial charge in [-0.2, -0.15) is 5.10 Å². The first-order chi connectivity index (χ1) is 9.15. The lowest BCUT2D eigenvalue weighted by atomic mass is 10.4. The normalized spacial score (nSPS) is 10.1. The van der Waals surface area contributed by atoms with Crippen LogP contribution in [-0.4, -0.2) is 37.9 Å².